The number of nitrogens with zero attached hydrogens (tertiary/aromatic N) is 2. The number of aromatic nitrogens is 1. The summed E-state index contributed by atoms with van der Waals surface area (Å²) in [7, 11) is -1.47. The van der Waals surface area contributed by atoms with Crippen LogP contribution in [-0.4, -0.2) is 40.1 Å². The van der Waals surface area contributed by atoms with Crippen molar-refractivity contribution in [2.75, 3.05) is 13.1 Å². The minimum atomic E-state index is -1.47. The summed E-state index contributed by atoms with van der Waals surface area (Å²) in [5.41, 5.74) is 1.28. The third kappa shape index (κ3) is 1.95. The first-order valence-corrected chi connectivity index (χ1v) is 4.79. The normalized spacial score (nSPS) is 16.4. The first-order valence-electron chi connectivity index (χ1n) is 4.79. The van der Waals surface area contributed by atoms with Gasteiger partial charge in [-0.1, -0.05) is 6.07 Å². The molecule has 2 rings (SSSR count). The number of pyridine rings is 1. The molecule has 0 aromatic carbocycles. The van der Waals surface area contributed by atoms with E-state index in [2.05, 4.69) is 9.88 Å². The van der Waals surface area contributed by atoms with Gasteiger partial charge in [0.15, 0.2) is 0 Å². The Labute approximate surface area is 83.3 Å². The third-order valence-electron chi connectivity index (χ3n) is 2.51. The Morgan fingerprint density at radius 2 is 2.21 bits per heavy atom. The van der Waals surface area contributed by atoms with Crippen molar-refractivity contribution in [3.8, 4) is 0 Å². The highest BCUT2D eigenvalue weighted by Gasteiger charge is 2.21. The number of hydrogen-bond donors (Lipinski definition) is 2. The van der Waals surface area contributed by atoms with E-state index >= 15 is 0 Å². The van der Waals surface area contributed by atoms with E-state index in [1.54, 1.807) is 6.20 Å². The molecular formula is C9H13BN2O2. The molecule has 4 nitrogen and oxygen atoms in total. The van der Waals surface area contributed by atoms with Gasteiger partial charge in [-0.3, -0.25) is 9.88 Å². The highest BCUT2D eigenvalue weighted by atomic mass is 16.4. The highest BCUT2D eigenvalue weighted by molar-refractivity contribution is 6.58. The molecule has 0 aliphatic carbocycles. The van der Waals surface area contributed by atoms with Crippen molar-refractivity contribution in [1.82, 2.24) is 9.88 Å². The maximum atomic E-state index is 9.08. The number of likely N-dealkylation sites (tertiary alicyclic amines) is 1. The molecule has 0 unspecified atom stereocenters. The van der Waals surface area contributed by atoms with Gasteiger partial charge in [0, 0.05) is 12.7 Å². The van der Waals surface area contributed by atoms with Crippen LogP contribution in [0.1, 0.15) is 12.0 Å². The maximum Gasteiger partial charge on any atom is 0.508 e. The van der Waals surface area contributed by atoms with Crippen molar-refractivity contribution in [2.24, 2.45) is 0 Å². The van der Waals surface area contributed by atoms with Crippen molar-refractivity contribution in [1.29, 1.82) is 0 Å². The van der Waals surface area contributed by atoms with Gasteiger partial charge in [0.1, 0.15) is 0 Å². The molecule has 0 bridgehead atoms. The molecular weight excluding hydrogens is 179 g/mol. The van der Waals surface area contributed by atoms with Gasteiger partial charge in [0.05, 0.1) is 5.59 Å². The van der Waals surface area contributed by atoms with Crippen molar-refractivity contribution in [2.45, 2.75) is 13.0 Å². The van der Waals surface area contributed by atoms with Crippen LogP contribution in [-0.2, 0) is 6.54 Å². The second-order valence-electron chi connectivity index (χ2n) is 3.55. The lowest BCUT2D eigenvalue weighted by Crippen LogP contribution is -2.41. The lowest BCUT2D eigenvalue weighted by molar-refractivity contribution is 0.173. The van der Waals surface area contributed by atoms with Gasteiger partial charge in [-0.05, 0) is 31.1 Å². The fourth-order valence-corrected chi connectivity index (χ4v) is 1.60. The molecule has 2 N–H and O–H groups in total. The number of hydrogen-bond acceptors (Lipinski definition) is 4. The predicted octanol–water partition coefficient (Wildman–Crippen LogP) is -1.03. The van der Waals surface area contributed by atoms with Crippen LogP contribution >= 0.6 is 0 Å². The van der Waals surface area contributed by atoms with Gasteiger partial charge in [0.2, 0.25) is 0 Å². The van der Waals surface area contributed by atoms with Gasteiger partial charge in [-0.25, -0.2) is 0 Å². The summed E-state index contributed by atoms with van der Waals surface area (Å²) in [5.74, 6) is 0. The van der Waals surface area contributed by atoms with Gasteiger partial charge in [-0.15, -0.1) is 0 Å². The van der Waals surface area contributed by atoms with Crippen molar-refractivity contribution < 1.29 is 10.0 Å². The summed E-state index contributed by atoms with van der Waals surface area (Å²) in [6.45, 7) is 2.95. The summed E-state index contributed by atoms with van der Waals surface area (Å²) in [6, 6.07) is 3.71. The molecule has 1 aromatic rings. The molecule has 0 atom stereocenters. The minimum Gasteiger partial charge on any atom is -0.422 e. The second-order valence-corrected chi connectivity index (χ2v) is 3.55. The van der Waals surface area contributed by atoms with Crippen LogP contribution in [0, 0.1) is 0 Å². The molecule has 74 valence electrons. The van der Waals surface area contributed by atoms with Crippen molar-refractivity contribution in [3.63, 3.8) is 0 Å². The van der Waals surface area contributed by atoms with Crippen molar-refractivity contribution >= 4 is 12.7 Å². The van der Waals surface area contributed by atoms with Gasteiger partial charge in [0.25, 0.3) is 0 Å². The van der Waals surface area contributed by atoms with E-state index in [0.717, 1.165) is 25.2 Å². The molecule has 1 aromatic heterocycles. The Bertz CT molecular complexity index is 315. The summed E-state index contributed by atoms with van der Waals surface area (Å²) in [5, 5.41) is 18.2. The van der Waals surface area contributed by atoms with Crippen molar-refractivity contribution in [3.05, 3.63) is 23.9 Å². The molecule has 2 heterocycles. The first kappa shape index (κ1) is 9.64. The van der Waals surface area contributed by atoms with E-state index in [-0.39, 0.29) is 0 Å². The molecule has 1 aliphatic rings. The SMILES string of the molecule is OB(O)c1ncccc1CN1CCC1. The fourth-order valence-electron chi connectivity index (χ4n) is 1.60. The molecule has 0 spiro atoms. The van der Waals surface area contributed by atoms with E-state index < -0.39 is 7.12 Å². The van der Waals surface area contributed by atoms with E-state index in [9.17, 15) is 0 Å². The Balaban J connectivity index is 2.13. The molecule has 5 heteroatoms. The van der Waals surface area contributed by atoms with Crippen LogP contribution in [0.25, 0.3) is 0 Å². The third-order valence-corrected chi connectivity index (χ3v) is 2.51. The number of rotatable bonds is 3. The average Bonchev–Trinajstić information content (AvgIpc) is 2.12. The van der Waals surface area contributed by atoms with E-state index in [4.69, 9.17) is 10.0 Å². The van der Waals surface area contributed by atoms with Gasteiger partial charge < -0.3 is 10.0 Å². The van der Waals surface area contributed by atoms with Crippen LogP contribution in [0.3, 0.4) is 0 Å². The van der Waals surface area contributed by atoms with Crippen LogP contribution in [0.15, 0.2) is 18.3 Å². The van der Waals surface area contributed by atoms with E-state index in [1.807, 2.05) is 12.1 Å². The Morgan fingerprint density at radius 1 is 1.43 bits per heavy atom. The van der Waals surface area contributed by atoms with Crippen LogP contribution in [0.5, 0.6) is 0 Å². The van der Waals surface area contributed by atoms with Gasteiger partial charge in [-0.2, -0.15) is 0 Å². The molecule has 0 radical (unpaired) electrons. The fraction of sp³-hybridized carbons (Fsp3) is 0.444. The summed E-state index contributed by atoms with van der Waals surface area (Å²) < 4.78 is 0. The lowest BCUT2D eigenvalue weighted by atomic mass is 9.82. The topological polar surface area (TPSA) is 56.6 Å². The molecule has 1 saturated heterocycles. The van der Waals surface area contributed by atoms with E-state index in [0.29, 0.717) is 5.59 Å². The zero-order valence-electron chi connectivity index (χ0n) is 7.93. The molecule has 14 heavy (non-hydrogen) atoms. The molecule has 0 amide bonds. The van der Waals surface area contributed by atoms with Crippen LogP contribution < -0.4 is 5.59 Å². The highest BCUT2D eigenvalue weighted by Crippen LogP contribution is 2.10. The monoisotopic (exact) mass is 192 g/mol. The standard InChI is InChI=1S/C9H13BN2O2/c13-10(14)9-8(3-1-4-11-9)7-12-5-2-6-12/h1,3-4,13-14H,2,5-7H2. The summed E-state index contributed by atoms with van der Waals surface area (Å²) in [6.07, 6.45) is 2.81. The summed E-state index contributed by atoms with van der Waals surface area (Å²) >= 11 is 0. The van der Waals surface area contributed by atoms with Crippen LogP contribution in [0.2, 0.25) is 0 Å². The zero-order valence-corrected chi connectivity index (χ0v) is 7.93. The minimum absolute atomic E-state index is 0.374. The van der Waals surface area contributed by atoms with Gasteiger partial charge >= 0.3 is 7.12 Å². The smallest absolute Gasteiger partial charge is 0.422 e. The molecule has 1 fully saturated rings. The maximum absolute atomic E-state index is 9.08. The average molecular weight is 192 g/mol. The Morgan fingerprint density at radius 3 is 2.79 bits per heavy atom. The Hall–Kier alpha value is -0.905. The zero-order chi connectivity index (χ0) is 9.97. The first-order chi connectivity index (χ1) is 6.77. The predicted molar refractivity (Wildman–Crippen MR) is 54.0 cm³/mol. The lowest BCUT2D eigenvalue weighted by Gasteiger charge is -2.31. The molecule has 0 saturated carbocycles. The second kappa shape index (κ2) is 4.08. The largest absolute Gasteiger partial charge is 0.508 e. The Kier molecular flexibility index (Phi) is 2.81. The van der Waals surface area contributed by atoms with E-state index in [1.165, 1.54) is 6.42 Å². The van der Waals surface area contributed by atoms with Crippen LogP contribution in [0.4, 0.5) is 0 Å². The molecule has 1 aliphatic heterocycles. The quantitative estimate of drug-likeness (QED) is 0.601. The summed E-state index contributed by atoms with van der Waals surface area (Å²) in [4.78, 5) is 6.22.